The highest BCUT2D eigenvalue weighted by atomic mass is 16.6. The number of nitrogens with two attached hydrogens (primary N) is 1. The topological polar surface area (TPSA) is 137 Å². The van der Waals surface area contributed by atoms with Gasteiger partial charge >= 0.3 is 12.1 Å². The maximum Gasteiger partial charge on any atom is 0.408 e. The first-order valence-corrected chi connectivity index (χ1v) is 11.3. The Bertz CT molecular complexity index is 1030. The van der Waals surface area contributed by atoms with Crippen LogP contribution in [0.1, 0.15) is 49.4 Å². The summed E-state index contributed by atoms with van der Waals surface area (Å²) in [4.78, 5) is 47.9. The Balaban J connectivity index is 1.84. The lowest BCUT2D eigenvalue weighted by molar-refractivity contribution is -0.148. The first kappa shape index (κ1) is 27.4. The normalized spacial score (nSPS) is 11.8. The van der Waals surface area contributed by atoms with E-state index in [2.05, 4.69) is 10.6 Å². The number of esters is 1. The van der Waals surface area contributed by atoms with Crippen LogP contribution in [0.5, 0.6) is 0 Å². The third-order valence-corrected chi connectivity index (χ3v) is 4.76. The highest BCUT2D eigenvalue weighted by Gasteiger charge is 2.27. The van der Waals surface area contributed by atoms with Gasteiger partial charge in [-0.3, -0.25) is 9.59 Å². The van der Waals surface area contributed by atoms with Crippen molar-refractivity contribution in [3.05, 3.63) is 70.8 Å². The van der Waals surface area contributed by atoms with Crippen LogP contribution in [0.3, 0.4) is 0 Å². The van der Waals surface area contributed by atoms with E-state index in [1.165, 1.54) is 0 Å². The molecule has 0 radical (unpaired) electrons. The Morgan fingerprint density at radius 3 is 2.06 bits per heavy atom. The van der Waals surface area contributed by atoms with E-state index in [0.29, 0.717) is 12.1 Å². The van der Waals surface area contributed by atoms with Crippen LogP contribution < -0.4 is 16.4 Å². The summed E-state index contributed by atoms with van der Waals surface area (Å²) in [5.74, 6) is -1.69. The summed E-state index contributed by atoms with van der Waals surface area (Å²) in [6.07, 6.45) is -1.06. The van der Waals surface area contributed by atoms with Crippen molar-refractivity contribution in [2.75, 3.05) is 0 Å². The molecule has 35 heavy (non-hydrogen) atoms. The molecule has 188 valence electrons. The second-order valence-electron chi connectivity index (χ2n) is 9.23. The first-order chi connectivity index (χ1) is 16.4. The number of benzene rings is 2. The van der Waals surface area contributed by atoms with Crippen LogP contribution in [-0.4, -0.2) is 35.5 Å². The summed E-state index contributed by atoms with van der Waals surface area (Å²) < 4.78 is 10.4. The van der Waals surface area contributed by atoms with Crippen LogP contribution in [-0.2, 0) is 43.4 Å². The lowest BCUT2D eigenvalue weighted by atomic mass is 10.1. The molecule has 0 heterocycles. The molecule has 0 spiro atoms. The number of amides is 3. The number of primary amides is 1. The number of ether oxygens (including phenoxy) is 2. The Hall–Kier alpha value is -3.88. The minimum absolute atomic E-state index is 0.0794. The zero-order valence-electron chi connectivity index (χ0n) is 20.6. The predicted octanol–water partition coefficient (Wildman–Crippen LogP) is 2.67. The molecule has 3 amide bonds. The van der Waals surface area contributed by atoms with E-state index in [4.69, 9.17) is 15.2 Å². The highest BCUT2D eigenvalue weighted by Crippen LogP contribution is 2.10. The summed E-state index contributed by atoms with van der Waals surface area (Å²) >= 11 is 0. The van der Waals surface area contributed by atoms with Crippen molar-refractivity contribution in [3.8, 4) is 0 Å². The standard InChI is InChI=1S/C26H33N3O6/c1-17-5-7-19(8-6-17)15-28-23(31)13-18-9-11-20(12-10-18)16-34-24(32)21(14-22(27)30)29-25(33)35-26(2,3)4/h5-12,21H,13-16H2,1-4H3,(H2,27,30)(H,28,31)(H,29,33)/t21-/m1/s1. The fourth-order valence-electron chi connectivity index (χ4n) is 3.01. The van der Waals surface area contributed by atoms with Gasteiger partial charge in [-0.2, -0.15) is 0 Å². The van der Waals surface area contributed by atoms with Crippen molar-refractivity contribution in [3.63, 3.8) is 0 Å². The van der Waals surface area contributed by atoms with E-state index in [1.54, 1.807) is 45.0 Å². The van der Waals surface area contributed by atoms with E-state index in [9.17, 15) is 19.2 Å². The van der Waals surface area contributed by atoms with Crippen molar-refractivity contribution in [1.82, 2.24) is 10.6 Å². The van der Waals surface area contributed by atoms with Gasteiger partial charge in [0.25, 0.3) is 0 Å². The number of hydrogen-bond acceptors (Lipinski definition) is 6. The quantitative estimate of drug-likeness (QED) is 0.445. The molecule has 0 unspecified atom stereocenters. The van der Waals surface area contributed by atoms with E-state index < -0.39 is 36.0 Å². The SMILES string of the molecule is Cc1ccc(CNC(=O)Cc2ccc(COC(=O)[C@@H](CC(N)=O)NC(=O)OC(C)(C)C)cc2)cc1. The fraction of sp³-hybridized carbons (Fsp3) is 0.385. The van der Waals surface area contributed by atoms with Crippen molar-refractivity contribution in [2.45, 2.75) is 65.3 Å². The van der Waals surface area contributed by atoms with Gasteiger partial charge < -0.3 is 25.8 Å². The van der Waals surface area contributed by atoms with E-state index >= 15 is 0 Å². The summed E-state index contributed by atoms with van der Waals surface area (Å²) in [6, 6.07) is 13.7. The lowest BCUT2D eigenvalue weighted by Gasteiger charge is -2.22. The van der Waals surface area contributed by atoms with Gasteiger partial charge in [0, 0.05) is 6.54 Å². The van der Waals surface area contributed by atoms with Gasteiger partial charge in [0.2, 0.25) is 11.8 Å². The molecule has 0 aliphatic heterocycles. The molecular weight excluding hydrogens is 450 g/mol. The molecular formula is C26H33N3O6. The summed E-state index contributed by atoms with van der Waals surface area (Å²) in [5, 5.41) is 5.21. The first-order valence-electron chi connectivity index (χ1n) is 11.3. The predicted molar refractivity (Wildman–Crippen MR) is 130 cm³/mol. The van der Waals surface area contributed by atoms with E-state index in [0.717, 1.165) is 16.7 Å². The van der Waals surface area contributed by atoms with Crippen LogP contribution in [0.4, 0.5) is 4.79 Å². The van der Waals surface area contributed by atoms with Gasteiger partial charge in [0.15, 0.2) is 0 Å². The number of hydrogen-bond donors (Lipinski definition) is 3. The molecule has 0 bridgehead atoms. The Kier molecular flexibility index (Phi) is 9.81. The van der Waals surface area contributed by atoms with E-state index in [-0.39, 0.29) is 18.9 Å². The minimum Gasteiger partial charge on any atom is -0.459 e. The van der Waals surface area contributed by atoms with Gasteiger partial charge in [0.05, 0.1) is 12.8 Å². The largest absolute Gasteiger partial charge is 0.459 e. The molecule has 0 aromatic heterocycles. The van der Waals surface area contributed by atoms with Crippen LogP contribution in [0.2, 0.25) is 0 Å². The molecule has 0 saturated carbocycles. The van der Waals surface area contributed by atoms with Crippen molar-refractivity contribution in [2.24, 2.45) is 5.73 Å². The molecule has 2 aromatic carbocycles. The van der Waals surface area contributed by atoms with Crippen molar-refractivity contribution in [1.29, 1.82) is 0 Å². The van der Waals surface area contributed by atoms with Gasteiger partial charge in [-0.15, -0.1) is 0 Å². The molecule has 2 rings (SSSR count). The van der Waals surface area contributed by atoms with E-state index in [1.807, 2.05) is 31.2 Å². The summed E-state index contributed by atoms with van der Waals surface area (Å²) in [5.41, 5.74) is 8.08. The fourth-order valence-corrected chi connectivity index (χ4v) is 3.01. The molecule has 0 aliphatic carbocycles. The van der Waals surface area contributed by atoms with Crippen LogP contribution >= 0.6 is 0 Å². The smallest absolute Gasteiger partial charge is 0.408 e. The number of alkyl carbamates (subject to hydrolysis) is 1. The average molecular weight is 484 g/mol. The second-order valence-corrected chi connectivity index (χ2v) is 9.23. The lowest BCUT2D eigenvalue weighted by Crippen LogP contribution is -2.46. The third kappa shape index (κ3) is 10.7. The zero-order valence-corrected chi connectivity index (χ0v) is 20.6. The Morgan fingerprint density at radius 1 is 0.914 bits per heavy atom. The van der Waals surface area contributed by atoms with Gasteiger partial charge in [-0.1, -0.05) is 54.1 Å². The Morgan fingerprint density at radius 2 is 1.49 bits per heavy atom. The number of carbonyl (C=O) groups excluding carboxylic acids is 4. The molecule has 2 aromatic rings. The highest BCUT2D eigenvalue weighted by molar-refractivity contribution is 5.87. The summed E-state index contributed by atoms with van der Waals surface area (Å²) in [6.45, 7) is 7.40. The molecule has 1 atom stereocenters. The molecule has 0 aliphatic rings. The van der Waals surface area contributed by atoms with Crippen LogP contribution in [0.25, 0.3) is 0 Å². The minimum atomic E-state index is -1.26. The molecule has 9 nitrogen and oxygen atoms in total. The average Bonchev–Trinajstić information content (AvgIpc) is 2.76. The number of nitrogens with one attached hydrogen (secondary N) is 2. The summed E-state index contributed by atoms with van der Waals surface area (Å²) in [7, 11) is 0. The van der Waals surface area contributed by atoms with Crippen molar-refractivity contribution >= 4 is 23.9 Å². The van der Waals surface area contributed by atoms with Gasteiger partial charge in [-0.05, 0) is 44.4 Å². The third-order valence-electron chi connectivity index (χ3n) is 4.76. The number of rotatable bonds is 10. The maximum absolute atomic E-state index is 12.4. The van der Waals surface area contributed by atoms with Crippen LogP contribution in [0.15, 0.2) is 48.5 Å². The van der Waals surface area contributed by atoms with Crippen molar-refractivity contribution < 1.29 is 28.7 Å². The second kappa shape index (κ2) is 12.5. The molecule has 0 fully saturated rings. The zero-order chi connectivity index (χ0) is 26.0. The molecule has 9 heteroatoms. The van der Waals surface area contributed by atoms with Gasteiger partial charge in [0.1, 0.15) is 18.2 Å². The van der Waals surface area contributed by atoms with Crippen LogP contribution in [0, 0.1) is 6.92 Å². The van der Waals surface area contributed by atoms with Gasteiger partial charge in [-0.25, -0.2) is 9.59 Å². The number of aryl methyl sites for hydroxylation is 1. The maximum atomic E-state index is 12.4. The molecule has 0 saturated heterocycles. The number of carbonyl (C=O) groups is 4. The Labute approximate surface area is 205 Å². The monoisotopic (exact) mass is 483 g/mol. The molecule has 4 N–H and O–H groups in total.